The van der Waals surface area contributed by atoms with Gasteiger partial charge in [0.05, 0.1) is 0 Å². The Kier molecular flexibility index (Phi) is 2.08. The van der Waals surface area contributed by atoms with Gasteiger partial charge in [-0.2, -0.15) is 0 Å². The second-order valence-corrected chi connectivity index (χ2v) is 6.48. The molecule has 0 radical (unpaired) electrons. The third-order valence-corrected chi connectivity index (χ3v) is 5.66. The van der Waals surface area contributed by atoms with Crippen molar-refractivity contribution in [3.05, 3.63) is 66.0 Å². The van der Waals surface area contributed by atoms with Crippen LogP contribution in [0.1, 0.15) is 5.56 Å². The summed E-state index contributed by atoms with van der Waals surface area (Å²) < 4.78 is 13.0. The molecule has 78 valence electrons. The second kappa shape index (κ2) is 3.47. The van der Waals surface area contributed by atoms with Gasteiger partial charge in [0.15, 0.2) is 7.14 Å². The molecule has 0 aromatic heterocycles. The van der Waals surface area contributed by atoms with E-state index in [0.717, 1.165) is 16.2 Å². The Balaban J connectivity index is 2.24. The number of benzene rings is 2. The lowest BCUT2D eigenvalue weighted by atomic mass is 10.2. The average molecular weight is 226 g/mol. The van der Waals surface area contributed by atoms with E-state index in [2.05, 4.69) is 0 Å². The van der Waals surface area contributed by atoms with Crippen molar-refractivity contribution in [3.8, 4) is 0 Å². The van der Waals surface area contributed by atoms with E-state index in [-0.39, 0.29) is 0 Å². The first-order chi connectivity index (χ1) is 7.81. The predicted molar refractivity (Wildman–Crippen MR) is 68.8 cm³/mol. The first kappa shape index (κ1) is 9.62. The zero-order valence-electron chi connectivity index (χ0n) is 8.71. The van der Waals surface area contributed by atoms with Crippen molar-refractivity contribution in [2.45, 2.75) is 0 Å². The lowest BCUT2D eigenvalue weighted by Gasteiger charge is -2.12. The molecule has 1 heterocycles. The number of fused-ring (bicyclic) bond motifs is 1. The fourth-order valence-corrected chi connectivity index (χ4v) is 4.51. The van der Waals surface area contributed by atoms with E-state index in [9.17, 15) is 4.57 Å². The fourth-order valence-electron chi connectivity index (χ4n) is 2.07. The molecule has 0 amide bonds. The molecule has 0 N–H and O–H groups in total. The van der Waals surface area contributed by atoms with Crippen LogP contribution in [0.15, 0.2) is 60.4 Å². The van der Waals surface area contributed by atoms with Gasteiger partial charge in [0.25, 0.3) is 0 Å². The van der Waals surface area contributed by atoms with E-state index in [0.29, 0.717) is 0 Å². The maximum Gasteiger partial charge on any atom is 0.164 e. The van der Waals surface area contributed by atoms with Crippen molar-refractivity contribution in [2.24, 2.45) is 0 Å². The highest BCUT2D eigenvalue weighted by Crippen LogP contribution is 2.50. The van der Waals surface area contributed by atoms with Crippen LogP contribution in [0.25, 0.3) is 6.08 Å². The van der Waals surface area contributed by atoms with E-state index in [4.69, 9.17) is 0 Å². The van der Waals surface area contributed by atoms with Gasteiger partial charge >= 0.3 is 0 Å². The Morgan fingerprint density at radius 1 is 0.812 bits per heavy atom. The minimum Gasteiger partial charge on any atom is -0.309 e. The van der Waals surface area contributed by atoms with Gasteiger partial charge in [-0.25, -0.2) is 0 Å². The van der Waals surface area contributed by atoms with Crippen LogP contribution in [-0.4, -0.2) is 0 Å². The molecule has 2 aromatic carbocycles. The van der Waals surface area contributed by atoms with Gasteiger partial charge in [0.1, 0.15) is 0 Å². The van der Waals surface area contributed by atoms with Crippen LogP contribution in [0.2, 0.25) is 0 Å². The molecular weight excluding hydrogens is 215 g/mol. The van der Waals surface area contributed by atoms with Crippen molar-refractivity contribution in [1.29, 1.82) is 0 Å². The highest BCUT2D eigenvalue weighted by Gasteiger charge is 2.29. The summed E-state index contributed by atoms with van der Waals surface area (Å²) in [5, 5.41) is 1.87. The molecule has 1 aliphatic heterocycles. The second-order valence-electron chi connectivity index (χ2n) is 3.87. The quantitative estimate of drug-likeness (QED) is 0.683. The number of hydrogen-bond donors (Lipinski definition) is 0. The van der Waals surface area contributed by atoms with Gasteiger partial charge in [0.2, 0.25) is 0 Å². The summed E-state index contributed by atoms with van der Waals surface area (Å²) in [6.45, 7) is 0. The molecule has 0 aliphatic carbocycles. The van der Waals surface area contributed by atoms with Crippen LogP contribution in [0.3, 0.4) is 0 Å². The minimum atomic E-state index is -2.49. The molecule has 0 saturated carbocycles. The molecule has 0 spiro atoms. The molecule has 1 atom stereocenters. The van der Waals surface area contributed by atoms with Gasteiger partial charge in [-0.3, -0.25) is 0 Å². The molecule has 1 aliphatic rings. The van der Waals surface area contributed by atoms with Gasteiger partial charge in [-0.05, 0) is 11.4 Å². The highest BCUT2D eigenvalue weighted by molar-refractivity contribution is 7.82. The van der Waals surface area contributed by atoms with Crippen LogP contribution in [0.4, 0.5) is 0 Å². The summed E-state index contributed by atoms with van der Waals surface area (Å²) in [4.78, 5) is 0. The molecule has 16 heavy (non-hydrogen) atoms. The molecule has 0 bridgehead atoms. The molecule has 2 aromatic rings. The third-order valence-electron chi connectivity index (χ3n) is 2.90. The van der Waals surface area contributed by atoms with Gasteiger partial charge in [-0.15, -0.1) is 0 Å². The van der Waals surface area contributed by atoms with Crippen LogP contribution in [0.5, 0.6) is 0 Å². The van der Waals surface area contributed by atoms with E-state index >= 15 is 0 Å². The normalized spacial score (nSPS) is 22.0. The highest BCUT2D eigenvalue weighted by atomic mass is 31.2. The van der Waals surface area contributed by atoms with E-state index in [1.165, 1.54) is 0 Å². The average Bonchev–Trinajstić information content (AvgIpc) is 2.71. The monoisotopic (exact) mass is 226 g/mol. The molecule has 3 rings (SSSR count). The van der Waals surface area contributed by atoms with Crippen LogP contribution in [-0.2, 0) is 4.57 Å². The Morgan fingerprint density at radius 2 is 1.50 bits per heavy atom. The zero-order chi connectivity index (χ0) is 11.0. The predicted octanol–water partition coefficient (Wildman–Crippen LogP) is 2.98. The SMILES string of the molecule is O=P1(c2ccccc2)C=Cc2ccccc21. The molecule has 2 heteroatoms. The standard InChI is InChI=1S/C14H11OP/c15-16(13-7-2-1-3-8-13)11-10-12-6-4-5-9-14(12)16/h1-11H. The maximum atomic E-state index is 13.0. The Bertz CT molecular complexity index is 599. The fraction of sp³-hybridized carbons (Fsp3) is 0. The molecule has 1 nitrogen and oxygen atoms in total. The van der Waals surface area contributed by atoms with Crippen LogP contribution >= 0.6 is 7.14 Å². The van der Waals surface area contributed by atoms with E-state index < -0.39 is 7.14 Å². The topological polar surface area (TPSA) is 17.1 Å². The maximum absolute atomic E-state index is 13.0. The Hall–Kier alpha value is -1.59. The smallest absolute Gasteiger partial charge is 0.164 e. The zero-order valence-corrected chi connectivity index (χ0v) is 9.60. The number of hydrogen-bond acceptors (Lipinski definition) is 1. The lowest BCUT2D eigenvalue weighted by Crippen LogP contribution is -2.13. The summed E-state index contributed by atoms with van der Waals surface area (Å²) in [6, 6.07) is 17.6. The molecule has 0 saturated heterocycles. The van der Waals surface area contributed by atoms with Crippen LogP contribution in [0, 0.1) is 0 Å². The lowest BCUT2D eigenvalue weighted by molar-refractivity contribution is 0.592. The van der Waals surface area contributed by atoms with Gasteiger partial charge in [-0.1, -0.05) is 60.7 Å². The Labute approximate surface area is 94.8 Å². The van der Waals surface area contributed by atoms with Crippen LogP contribution < -0.4 is 10.6 Å². The molecule has 1 unspecified atom stereocenters. The van der Waals surface area contributed by atoms with Crippen molar-refractivity contribution in [3.63, 3.8) is 0 Å². The van der Waals surface area contributed by atoms with Crippen molar-refractivity contribution in [2.75, 3.05) is 0 Å². The minimum absolute atomic E-state index is 0.913. The summed E-state index contributed by atoms with van der Waals surface area (Å²) in [5.74, 6) is 1.85. The van der Waals surface area contributed by atoms with Crippen molar-refractivity contribution < 1.29 is 4.57 Å². The summed E-state index contributed by atoms with van der Waals surface area (Å²) in [7, 11) is -2.49. The van der Waals surface area contributed by atoms with Gasteiger partial charge in [0, 0.05) is 10.6 Å². The summed E-state index contributed by atoms with van der Waals surface area (Å²) in [6.07, 6.45) is 1.96. The van der Waals surface area contributed by atoms with Gasteiger partial charge < -0.3 is 4.57 Å². The number of rotatable bonds is 1. The van der Waals surface area contributed by atoms with E-state index in [1.54, 1.807) is 0 Å². The van der Waals surface area contributed by atoms with Crippen molar-refractivity contribution in [1.82, 2.24) is 0 Å². The first-order valence-electron chi connectivity index (χ1n) is 5.25. The first-order valence-corrected chi connectivity index (χ1v) is 7.02. The Morgan fingerprint density at radius 3 is 2.31 bits per heavy atom. The molecule has 0 fully saturated rings. The summed E-state index contributed by atoms with van der Waals surface area (Å²) >= 11 is 0. The van der Waals surface area contributed by atoms with E-state index in [1.807, 2.05) is 66.5 Å². The molecular formula is C14H11OP. The van der Waals surface area contributed by atoms with Crippen molar-refractivity contribution >= 4 is 23.8 Å². The summed E-state index contributed by atoms with van der Waals surface area (Å²) in [5.41, 5.74) is 1.08. The largest absolute Gasteiger partial charge is 0.309 e. The third kappa shape index (κ3) is 1.29.